The number of anilines is 2. The third-order valence-corrected chi connectivity index (χ3v) is 2.16. The number of amides is 1. The highest BCUT2D eigenvalue weighted by molar-refractivity contribution is 5.96. The van der Waals surface area contributed by atoms with Crippen LogP contribution < -0.4 is 16.8 Å². The van der Waals surface area contributed by atoms with Gasteiger partial charge in [-0.1, -0.05) is 0 Å². The fourth-order valence-corrected chi connectivity index (χ4v) is 1.28. The first-order valence-corrected chi connectivity index (χ1v) is 5.04. The van der Waals surface area contributed by atoms with Crippen LogP contribution in [0.25, 0.3) is 0 Å². The topological polar surface area (TPSA) is 107 Å². The smallest absolute Gasteiger partial charge is 0.340 e. The van der Waals surface area contributed by atoms with Gasteiger partial charge in [0.1, 0.15) is 0 Å². The minimum Gasteiger partial charge on any atom is -0.465 e. The number of nitrogens with one attached hydrogen (secondary N) is 1. The Bertz CT molecular complexity index is 432. The summed E-state index contributed by atoms with van der Waals surface area (Å²) in [7, 11) is 1.29. The average molecular weight is 237 g/mol. The summed E-state index contributed by atoms with van der Waals surface area (Å²) >= 11 is 0. The SMILES string of the molecule is COC(=O)c1cc(NCCC(N)=O)ccc1N. The lowest BCUT2D eigenvalue weighted by Gasteiger charge is -2.08. The van der Waals surface area contributed by atoms with E-state index in [0.717, 1.165) is 0 Å². The normalized spacial score (nSPS) is 9.71. The molecule has 92 valence electrons. The van der Waals surface area contributed by atoms with Crippen LogP contribution in [0.15, 0.2) is 18.2 Å². The lowest BCUT2D eigenvalue weighted by atomic mass is 10.1. The molecule has 0 unspecified atom stereocenters. The fourth-order valence-electron chi connectivity index (χ4n) is 1.28. The third-order valence-electron chi connectivity index (χ3n) is 2.16. The Hall–Kier alpha value is -2.24. The Morgan fingerprint density at radius 2 is 2.12 bits per heavy atom. The molecule has 1 amide bonds. The molecule has 1 rings (SSSR count). The van der Waals surface area contributed by atoms with Crippen LogP contribution in [-0.2, 0) is 9.53 Å². The summed E-state index contributed by atoms with van der Waals surface area (Å²) in [5, 5.41) is 2.96. The summed E-state index contributed by atoms with van der Waals surface area (Å²) in [5.41, 5.74) is 12.0. The van der Waals surface area contributed by atoms with Gasteiger partial charge in [0.2, 0.25) is 5.91 Å². The van der Waals surface area contributed by atoms with Crippen LogP contribution >= 0.6 is 0 Å². The molecule has 0 radical (unpaired) electrons. The molecule has 0 bridgehead atoms. The van der Waals surface area contributed by atoms with Gasteiger partial charge in [0, 0.05) is 24.3 Å². The van der Waals surface area contributed by atoms with Crippen molar-refractivity contribution in [3.8, 4) is 0 Å². The van der Waals surface area contributed by atoms with E-state index < -0.39 is 5.97 Å². The average Bonchev–Trinajstić information content (AvgIpc) is 2.30. The van der Waals surface area contributed by atoms with E-state index in [0.29, 0.717) is 17.9 Å². The molecular weight excluding hydrogens is 222 g/mol. The summed E-state index contributed by atoms with van der Waals surface area (Å²) in [4.78, 5) is 21.9. The Kier molecular flexibility index (Phi) is 4.33. The summed E-state index contributed by atoms with van der Waals surface area (Å²) in [6.07, 6.45) is 0.220. The maximum Gasteiger partial charge on any atom is 0.340 e. The maximum absolute atomic E-state index is 11.4. The Morgan fingerprint density at radius 3 is 2.71 bits per heavy atom. The second-order valence-corrected chi connectivity index (χ2v) is 3.44. The Labute approximate surface area is 98.9 Å². The molecule has 0 aliphatic heterocycles. The zero-order chi connectivity index (χ0) is 12.8. The van der Waals surface area contributed by atoms with E-state index in [1.165, 1.54) is 7.11 Å². The van der Waals surface area contributed by atoms with E-state index in [4.69, 9.17) is 11.5 Å². The van der Waals surface area contributed by atoms with Crippen molar-refractivity contribution in [1.29, 1.82) is 0 Å². The van der Waals surface area contributed by atoms with Crippen molar-refractivity contribution in [2.75, 3.05) is 24.7 Å². The number of hydrogen-bond acceptors (Lipinski definition) is 5. The van der Waals surface area contributed by atoms with Gasteiger partial charge >= 0.3 is 5.97 Å². The zero-order valence-corrected chi connectivity index (χ0v) is 9.53. The predicted octanol–water partition coefficient (Wildman–Crippen LogP) is 0.343. The molecular formula is C11H15N3O3. The summed E-state index contributed by atoms with van der Waals surface area (Å²) in [5.74, 6) is -0.887. The summed E-state index contributed by atoms with van der Waals surface area (Å²) < 4.78 is 4.59. The van der Waals surface area contributed by atoms with Gasteiger partial charge in [-0.25, -0.2) is 4.79 Å². The van der Waals surface area contributed by atoms with Crippen molar-refractivity contribution in [3.05, 3.63) is 23.8 Å². The predicted molar refractivity (Wildman–Crippen MR) is 64.5 cm³/mol. The Morgan fingerprint density at radius 1 is 1.41 bits per heavy atom. The molecule has 0 heterocycles. The van der Waals surface area contributed by atoms with Crippen LogP contribution in [0.5, 0.6) is 0 Å². The molecule has 17 heavy (non-hydrogen) atoms. The molecule has 6 nitrogen and oxygen atoms in total. The van der Waals surface area contributed by atoms with Crippen molar-refractivity contribution in [2.45, 2.75) is 6.42 Å². The number of hydrogen-bond donors (Lipinski definition) is 3. The van der Waals surface area contributed by atoms with Crippen molar-refractivity contribution in [2.24, 2.45) is 5.73 Å². The molecule has 0 aromatic heterocycles. The van der Waals surface area contributed by atoms with Gasteiger partial charge in [-0.3, -0.25) is 4.79 Å². The Balaban J connectivity index is 2.75. The molecule has 0 aliphatic carbocycles. The van der Waals surface area contributed by atoms with E-state index in [-0.39, 0.29) is 17.9 Å². The molecule has 0 atom stereocenters. The number of primary amides is 1. The summed E-state index contributed by atoms with van der Waals surface area (Å²) in [6.45, 7) is 0.403. The standard InChI is InChI=1S/C11H15N3O3/c1-17-11(16)8-6-7(2-3-9(8)12)14-5-4-10(13)15/h2-3,6,14H,4-5,12H2,1H3,(H2,13,15). The molecule has 1 aromatic rings. The highest BCUT2D eigenvalue weighted by Crippen LogP contribution is 2.18. The largest absolute Gasteiger partial charge is 0.465 e. The number of carbonyl (C=O) groups is 2. The van der Waals surface area contributed by atoms with Crippen molar-refractivity contribution in [3.63, 3.8) is 0 Å². The van der Waals surface area contributed by atoms with Crippen LogP contribution in [0.4, 0.5) is 11.4 Å². The van der Waals surface area contributed by atoms with Crippen LogP contribution in [0.2, 0.25) is 0 Å². The third kappa shape index (κ3) is 3.67. The highest BCUT2D eigenvalue weighted by Gasteiger charge is 2.10. The molecule has 0 fully saturated rings. The van der Waals surface area contributed by atoms with Gasteiger partial charge in [-0.2, -0.15) is 0 Å². The van der Waals surface area contributed by atoms with Gasteiger partial charge < -0.3 is 21.5 Å². The van der Waals surface area contributed by atoms with Gasteiger partial charge in [0.15, 0.2) is 0 Å². The molecule has 0 saturated heterocycles. The highest BCUT2D eigenvalue weighted by atomic mass is 16.5. The number of ether oxygens (including phenoxy) is 1. The van der Waals surface area contributed by atoms with E-state index in [1.54, 1.807) is 18.2 Å². The molecule has 0 spiro atoms. The summed E-state index contributed by atoms with van der Waals surface area (Å²) in [6, 6.07) is 4.88. The number of carbonyl (C=O) groups excluding carboxylic acids is 2. The number of methoxy groups -OCH3 is 1. The van der Waals surface area contributed by atoms with Gasteiger partial charge in [0.05, 0.1) is 12.7 Å². The molecule has 0 aliphatic rings. The monoisotopic (exact) mass is 237 g/mol. The van der Waals surface area contributed by atoms with E-state index in [9.17, 15) is 9.59 Å². The van der Waals surface area contributed by atoms with E-state index >= 15 is 0 Å². The van der Waals surface area contributed by atoms with Gasteiger partial charge in [-0.15, -0.1) is 0 Å². The van der Waals surface area contributed by atoms with Crippen LogP contribution in [0.3, 0.4) is 0 Å². The molecule has 6 heteroatoms. The van der Waals surface area contributed by atoms with E-state index in [2.05, 4.69) is 10.1 Å². The lowest BCUT2D eigenvalue weighted by molar-refractivity contribution is -0.117. The van der Waals surface area contributed by atoms with E-state index in [1.807, 2.05) is 0 Å². The zero-order valence-electron chi connectivity index (χ0n) is 9.53. The van der Waals surface area contributed by atoms with Crippen molar-refractivity contribution in [1.82, 2.24) is 0 Å². The number of esters is 1. The van der Waals surface area contributed by atoms with Crippen molar-refractivity contribution >= 4 is 23.3 Å². The van der Waals surface area contributed by atoms with Gasteiger partial charge in [0.25, 0.3) is 0 Å². The minimum absolute atomic E-state index is 0.220. The van der Waals surface area contributed by atoms with Crippen LogP contribution in [-0.4, -0.2) is 25.5 Å². The van der Waals surface area contributed by atoms with Gasteiger partial charge in [-0.05, 0) is 18.2 Å². The van der Waals surface area contributed by atoms with Crippen LogP contribution in [0.1, 0.15) is 16.8 Å². The molecule has 0 saturated carbocycles. The first-order valence-electron chi connectivity index (χ1n) is 5.04. The van der Waals surface area contributed by atoms with Crippen LogP contribution in [0, 0.1) is 0 Å². The first kappa shape index (κ1) is 12.8. The first-order chi connectivity index (χ1) is 8.04. The second kappa shape index (κ2) is 5.74. The van der Waals surface area contributed by atoms with Crippen molar-refractivity contribution < 1.29 is 14.3 Å². The lowest BCUT2D eigenvalue weighted by Crippen LogP contribution is -2.16. The second-order valence-electron chi connectivity index (χ2n) is 3.44. The maximum atomic E-state index is 11.4. The number of rotatable bonds is 5. The number of benzene rings is 1. The molecule has 5 N–H and O–H groups in total. The fraction of sp³-hybridized carbons (Fsp3) is 0.273. The minimum atomic E-state index is -0.499. The quantitative estimate of drug-likeness (QED) is 0.505. The number of nitrogens with two attached hydrogens (primary N) is 2. The molecule has 1 aromatic carbocycles. The number of nitrogen functional groups attached to an aromatic ring is 1.